The van der Waals surface area contributed by atoms with Gasteiger partial charge in [-0.15, -0.1) is 0 Å². The first-order chi connectivity index (χ1) is 16.2. The van der Waals surface area contributed by atoms with Crippen molar-refractivity contribution in [2.24, 2.45) is 5.10 Å². The number of benzene rings is 3. The van der Waals surface area contributed by atoms with E-state index in [0.717, 1.165) is 20.3 Å². The van der Waals surface area contributed by atoms with Gasteiger partial charge in [0.05, 0.1) is 22.0 Å². The fraction of sp³-hybridized carbons (Fsp3) is 0.125. The van der Waals surface area contributed by atoms with Gasteiger partial charge >= 0.3 is 5.69 Å². The molecular weight excluding hydrogens is 524 g/mol. The van der Waals surface area contributed by atoms with E-state index in [1.807, 2.05) is 31.2 Å². The molecule has 10 heteroatoms. The van der Waals surface area contributed by atoms with Crippen LogP contribution < -0.4 is 10.3 Å². The molecule has 0 aliphatic carbocycles. The molecule has 4 aromatic rings. The molecule has 1 aromatic heterocycles. The summed E-state index contributed by atoms with van der Waals surface area (Å²) in [4.78, 5) is 28.6. The molecule has 4 rings (SSSR count). The molecule has 1 heterocycles. The van der Waals surface area contributed by atoms with Crippen LogP contribution >= 0.6 is 27.5 Å². The molecule has 0 unspecified atom stereocenters. The van der Waals surface area contributed by atoms with E-state index in [2.05, 4.69) is 26.0 Å². The van der Waals surface area contributed by atoms with Crippen molar-refractivity contribution in [3.8, 4) is 5.75 Å². The molecule has 0 aliphatic rings. The summed E-state index contributed by atoms with van der Waals surface area (Å²) in [7, 11) is 0. The standard InChI is InChI=1S/C24H18BrClN4O4/c1-14-3-5-16(6-4-14)13-34-23-17(9-19(26)11-22(23)30(32)33)12-27-29-15(2)28-21-8-7-18(25)10-20(21)24(29)31/h3-12H,13H2,1-2H3. The van der Waals surface area contributed by atoms with Crippen LogP contribution in [0.2, 0.25) is 5.02 Å². The number of halogens is 2. The van der Waals surface area contributed by atoms with Gasteiger partial charge in [-0.05, 0) is 43.7 Å². The van der Waals surface area contributed by atoms with Crippen molar-refractivity contribution in [1.82, 2.24) is 9.66 Å². The zero-order valence-electron chi connectivity index (χ0n) is 18.2. The smallest absolute Gasteiger partial charge is 0.313 e. The van der Waals surface area contributed by atoms with E-state index in [0.29, 0.717) is 16.7 Å². The summed E-state index contributed by atoms with van der Waals surface area (Å²) in [6, 6.07) is 15.5. The van der Waals surface area contributed by atoms with Crippen LogP contribution in [0.3, 0.4) is 0 Å². The summed E-state index contributed by atoms with van der Waals surface area (Å²) in [5.41, 5.74) is 2.05. The maximum absolute atomic E-state index is 13.0. The lowest BCUT2D eigenvalue weighted by molar-refractivity contribution is -0.385. The molecule has 0 bridgehead atoms. The second-order valence-electron chi connectivity index (χ2n) is 7.56. The van der Waals surface area contributed by atoms with E-state index >= 15 is 0 Å². The Morgan fingerprint density at radius 1 is 1.18 bits per heavy atom. The van der Waals surface area contributed by atoms with Crippen molar-refractivity contribution < 1.29 is 9.66 Å². The lowest BCUT2D eigenvalue weighted by atomic mass is 10.1. The highest BCUT2D eigenvalue weighted by Crippen LogP contribution is 2.34. The second-order valence-corrected chi connectivity index (χ2v) is 8.91. The van der Waals surface area contributed by atoms with Crippen LogP contribution in [-0.2, 0) is 6.61 Å². The monoisotopic (exact) mass is 540 g/mol. The molecule has 0 fully saturated rings. The maximum atomic E-state index is 13.0. The number of nitro benzene ring substituents is 1. The maximum Gasteiger partial charge on any atom is 0.313 e. The van der Waals surface area contributed by atoms with Gasteiger partial charge in [0.2, 0.25) is 5.75 Å². The average molecular weight is 542 g/mol. The summed E-state index contributed by atoms with van der Waals surface area (Å²) >= 11 is 9.49. The summed E-state index contributed by atoms with van der Waals surface area (Å²) in [5, 5.41) is 16.5. The number of nitrogens with zero attached hydrogens (tertiary/aromatic N) is 4. The van der Waals surface area contributed by atoms with Gasteiger partial charge in [-0.2, -0.15) is 9.78 Å². The number of aryl methyl sites for hydroxylation is 2. The highest BCUT2D eigenvalue weighted by Gasteiger charge is 2.21. The summed E-state index contributed by atoms with van der Waals surface area (Å²) < 4.78 is 7.71. The Morgan fingerprint density at radius 3 is 2.62 bits per heavy atom. The molecular formula is C24H18BrClN4O4. The number of hydrogen-bond acceptors (Lipinski definition) is 6. The van der Waals surface area contributed by atoms with Crippen molar-refractivity contribution in [3.05, 3.63) is 107 Å². The zero-order valence-corrected chi connectivity index (χ0v) is 20.5. The first-order valence-electron chi connectivity index (χ1n) is 10.1. The first kappa shape index (κ1) is 23.6. The van der Waals surface area contributed by atoms with Gasteiger partial charge < -0.3 is 4.74 Å². The molecule has 0 saturated heterocycles. The largest absolute Gasteiger partial charge is 0.481 e. The van der Waals surface area contributed by atoms with E-state index < -0.39 is 4.92 Å². The number of ether oxygens (including phenoxy) is 1. The van der Waals surface area contributed by atoms with Gasteiger partial charge in [-0.3, -0.25) is 14.9 Å². The topological polar surface area (TPSA) is 99.6 Å². The minimum Gasteiger partial charge on any atom is -0.481 e. The van der Waals surface area contributed by atoms with E-state index in [9.17, 15) is 14.9 Å². The molecule has 0 atom stereocenters. The SMILES string of the molecule is Cc1ccc(COc2c(C=Nn3c(C)nc4ccc(Br)cc4c3=O)cc(Cl)cc2[N+](=O)[O-])cc1. The Labute approximate surface area is 207 Å². The molecule has 0 spiro atoms. The Hall–Kier alpha value is -3.56. The lowest BCUT2D eigenvalue weighted by Crippen LogP contribution is -2.20. The lowest BCUT2D eigenvalue weighted by Gasteiger charge is -2.11. The molecule has 0 N–H and O–H groups in total. The molecule has 0 aliphatic heterocycles. The predicted octanol–water partition coefficient (Wildman–Crippen LogP) is 5.80. The van der Waals surface area contributed by atoms with Gasteiger partial charge in [0, 0.05) is 21.1 Å². The minimum atomic E-state index is -0.569. The van der Waals surface area contributed by atoms with Crippen molar-refractivity contribution in [2.75, 3.05) is 0 Å². The normalized spacial score (nSPS) is 11.3. The third-order valence-corrected chi connectivity index (χ3v) is 5.76. The van der Waals surface area contributed by atoms with Gasteiger partial charge in [0.1, 0.15) is 12.4 Å². The number of fused-ring (bicyclic) bond motifs is 1. The van der Waals surface area contributed by atoms with E-state index in [1.165, 1.54) is 18.3 Å². The quantitative estimate of drug-likeness (QED) is 0.174. The molecule has 0 amide bonds. The van der Waals surface area contributed by atoms with Crippen molar-refractivity contribution in [3.63, 3.8) is 0 Å². The van der Waals surface area contributed by atoms with Crippen molar-refractivity contribution in [1.29, 1.82) is 0 Å². The van der Waals surface area contributed by atoms with Crippen LogP contribution in [0, 0.1) is 24.0 Å². The van der Waals surface area contributed by atoms with Gasteiger partial charge in [-0.25, -0.2) is 4.98 Å². The highest BCUT2D eigenvalue weighted by molar-refractivity contribution is 9.10. The number of nitro groups is 1. The average Bonchev–Trinajstić information content (AvgIpc) is 2.79. The number of aromatic nitrogens is 2. The fourth-order valence-electron chi connectivity index (χ4n) is 3.34. The Morgan fingerprint density at radius 2 is 1.91 bits per heavy atom. The zero-order chi connectivity index (χ0) is 24.4. The summed E-state index contributed by atoms with van der Waals surface area (Å²) in [6.07, 6.45) is 1.31. The summed E-state index contributed by atoms with van der Waals surface area (Å²) in [6.45, 7) is 3.72. The van der Waals surface area contributed by atoms with Crippen LogP contribution in [-0.4, -0.2) is 20.8 Å². The van der Waals surface area contributed by atoms with Crippen LogP contribution in [0.25, 0.3) is 10.9 Å². The Balaban J connectivity index is 1.77. The van der Waals surface area contributed by atoms with E-state index in [4.69, 9.17) is 16.3 Å². The molecule has 0 radical (unpaired) electrons. The van der Waals surface area contributed by atoms with Crippen LogP contribution in [0.4, 0.5) is 5.69 Å². The third kappa shape index (κ3) is 5.00. The molecule has 8 nitrogen and oxygen atoms in total. The van der Waals surface area contributed by atoms with E-state index in [1.54, 1.807) is 25.1 Å². The Kier molecular flexibility index (Phi) is 6.76. The fourth-order valence-corrected chi connectivity index (χ4v) is 3.93. The molecule has 0 saturated carbocycles. The summed E-state index contributed by atoms with van der Waals surface area (Å²) in [5.74, 6) is 0.357. The van der Waals surface area contributed by atoms with Crippen molar-refractivity contribution in [2.45, 2.75) is 20.5 Å². The predicted molar refractivity (Wildman–Crippen MR) is 135 cm³/mol. The number of rotatable bonds is 6. The third-order valence-electron chi connectivity index (χ3n) is 5.05. The van der Waals surface area contributed by atoms with Gasteiger partial charge in [-0.1, -0.05) is 57.4 Å². The second kappa shape index (κ2) is 9.74. The molecule has 34 heavy (non-hydrogen) atoms. The Bertz CT molecular complexity index is 1500. The van der Waals surface area contributed by atoms with E-state index in [-0.39, 0.29) is 34.2 Å². The van der Waals surface area contributed by atoms with Crippen LogP contribution in [0.1, 0.15) is 22.5 Å². The van der Waals surface area contributed by atoms with Gasteiger partial charge in [0.15, 0.2) is 0 Å². The van der Waals surface area contributed by atoms with Crippen LogP contribution in [0.5, 0.6) is 5.75 Å². The first-order valence-corrected chi connectivity index (χ1v) is 11.3. The van der Waals surface area contributed by atoms with Crippen molar-refractivity contribution >= 4 is 50.3 Å². The van der Waals surface area contributed by atoms with Gasteiger partial charge in [0.25, 0.3) is 5.56 Å². The molecule has 3 aromatic carbocycles. The molecule has 172 valence electrons. The minimum absolute atomic E-state index is 0.000852. The van der Waals surface area contributed by atoms with Crippen LogP contribution in [0.15, 0.2) is 69.0 Å². The number of hydrogen-bond donors (Lipinski definition) is 0. The highest BCUT2D eigenvalue weighted by atomic mass is 79.9.